The maximum Gasteiger partial charge on any atom is 0.258 e. The van der Waals surface area contributed by atoms with E-state index in [2.05, 4.69) is 20.1 Å². The Morgan fingerprint density at radius 1 is 1.10 bits per heavy atom. The van der Waals surface area contributed by atoms with Crippen LogP contribution < -0.4 is 5.56 Å². The van der Waals surface area contributed by atoms with E-state index in [4.69, 9.17) is 4.52 Å². The maximum absolute atomic E-state index is 12.9. The highest BCUT2D eigenvalue weighted by Crippen LogP contribution is 2.19. The van der Waals surface area contributed by atoms with Crippen LogP contribution in [0.4, 0.5) is 0 Å². The van der Waals surface area contributed by atoms with Gasteiger partial charge in [0.25, 0.3) is 17.4 Å². The van der Waals surface area contributed by atoms with Crippen LogP contribution in [0.15, 0.2) is 57.8 Å². The molecule has 0 aliphatic heterocycles. The fourth-order valence-corrected chi connectivity index (χ4v) is 3.07. The van der Waals surface area contributed by atoms with Gasteiger partial charge in [0.2, 0.25) is 0 Å². The molecule has 0 radical (unpaired) electrons. The Labute approximate surface area is 166 Å². The lowest BCUT2D eigenvalue weighted by molar-refractivity contribution is 0.0748. The van der Waals surface area contributed by atoms with Crippen molar-refractivity contribution < 1.29 is 9.32 Å². The van der Waals surface area contributed by atoms with E-state index in [1.807, 2.05) is 13.0 Å². The van der Waals surface area contributed by atoms with Crippen molar-refractivity contribution in [3.8, 4) is 11.5 Å². The number of carbonyl (C=O) groups excluding carboxylic acids is 1. The number of hydrogen-bond acceptors (Lipinski definition) is 6. The van der Waals surface area contributed by atoms with Gasteiger partial charge in [-0.05, 0) is 50.2 Å². The van der Waals surface area contributed by atoms with Crippen molar-refractivity contribution in [1.82, 2.24) is 25.0 Å². The van der Waals surface area contributed by atoms with Gasteiger partial charge in [0.15, 0.2) is 5.82 Å². The number of carbonyl (C=O) groups is 1. The van der Waals surface area contributed by atoms with E-state index in [-0.39, 0.29) is 18.0 Å². The zero-order valence-electron chi connectivity index (χ0n) is 16.0. The van der Waals surface area contributed by atoms with Crippen LogP contribution in [0.1, 0.15) is 28.9 Å². The number of aromatic nitrogens is 4. The highest BCUT2D eigenvalue weighted by atomic mass is 16.5. The smallest absolute Gasteiger partial charge is 0.258 e. The van der Waals surface area contributed by atoms with Crippen LogP contribution >= 0.6 is 0 Å². The zero-order chi connectivity index (χ0) is 20.4. The highest BCUT2D eigenvalue weighted by molar-refractivity contribution is 5.94. The summed E-state index contributed by atoms with van der Waals surface area (Å²) in [7, 11) is 0. The van der Waals surface area contributed by atoms with Crippen LogP contribution in [0.25, 0.3) is 22.4 Å². The predicted octanol–water partition coefficient (Wildman–Crippen LogP) is 2.94. The van der Waals surface area contributed by atoms with E-state index >= 15 is 0 Å². The molecule has 0 spiro atoms. The number of para-hydroxylation sites is 1. The third kappa shape index (κ3) is 3.77. The van der Waals surface area contributed by atoms with Gasteiger partial charge in [-0.15, -0.1) is 0 Å². The lowest BCUT2D eigenvalue weighted by atomic mass is 10.1. The zero-order valence-corrected chi connectivity index (χ0v) is 16.0. The normalized spacial score (nSPS) is 11.0. The van der Waals surface area contributed by atoms with Gasteiger partial charge in [-0.1, -0.05) is 17.3 Å². The molecule has 0 atom stereocenters. The molecule has 4 aromatic rings. The molecular weight excluding hydrogens is 370 g/mol. The molecule has 8 heteroatoms. The molecular formula is C21H19N5O3. The summed E-state index contributed by atoms with van der Waals surface area (Å²) in [5, 5.41) is 4.30. The number of H-pyrrole nitrogens is 1. The minimum Gasteiger partial charge on any atom is -0.334 e. The molecule has 2 aromatic carbocycles. The molecule has 146 valence electrons. The Kier molecular flexibility index (Phi) is 4.90. The molecule has 0 unspecified atom stereocenters. The van der Waals surface area contributed by atoms with Crippen molar-refractivity contribution in [1.29, 1.82) is 0 Å². The van der Waals surface area contributed by atoms with E-state index in [0.717, 1.165) is 5.56 Å². The summed E-state index contributed by atoms with van der Waals surface area (Å²) in [6.07, 6.45) is 0. The van der Waals surface area contributed by atoms with Gasteiger partial charge in [-0.25, -0.2) is 4.98 Å². The quantitative estimate of drug-likeness (QED) is 0.563. The fourth-order valence-electron chi connectivity index (χ4n) is 3.07. The monoisotopic (exact) mass is 389 g/mol. The molecule has 1 N–H and O–H groups in total. The van der Waals surface area contributed by atoms with E-state index < -0.39 is 0 Å². The third-order valence-electron chi connectivity index (χ3n) is 4.58. The van der Waals surface area contributed by atoms with Crippen LogP contribution in [0.3, 0.4) is 0 Å². The summed E-state index contributed by atoms with van der Waals surface area (Å²) < 4.78 is 5.15. The summed E-state index contributed by atoms with van der Waals surface area (Å²) in [6, 6.07) is 14.1. The summed E-state index contributed by atoms with van der Waals surface area (Å²) in [6.45, 7) is 4.31. The second-order valence-electron chi connectivity index (χ2n) is 6.57. The molecule has 0 fully saturated rings. The Bertz CT molecular complexity index is 1230. The van der Waals surface area contributed by atoms with Gasteiger partial charge in [-0.2, -0.15) is 4.98 Å². The van der Waals surface area contributed by atoms with Crippen molar-refractivity contribution in [2.45, 2.75) is 20.4 Å². The number of benzene rings is 2. The first-order chi connectivity index (χ1) is 14.0. The number of hydrogen-bond donors (Lipinski definition) is 1. The lowest BCUT2D eigenvalue weighted by Crippen LogP contribution is -2.31. The summed E-state index contributed by atoms with van der Waals surface area (Å²) in [5.41, 5.74) is 1.66. The number of aryl methyl sites for hydroxylation is 1. The highest BCUT2D eigenvalue weighted by Gasteiger charge is 2.17. The number of amides is 1. The van der Waals surface area contributed by atoms with Crippen molar-refractivity contribution in [3.05, 3.63) is 76.1 Å². The minimum atomic E-state index is -0.215. The molecule has 0 saturated carbocycles. The standard InChI is InChI=1S/C21H19N5O3/c1-3-26(12-18-23-17-7-5-4-6-16(17)19(27)24-18)21(28)15-10-8-14(9-11-15)20-22-13(2)25-29-20/h4-11H,3,12H2,1-2H3,(H,23,24,27). The van der Waals surface area contributed by atoms with Crippen LogP contribution in [0.2, 0.25) is 0 Å². The average molecular weight is 389 g/mol. The molecule has 8 nitrogen and oxygen atoms in total. The number of fused-ring (bicyclic) bond motifs is 1. The van der Waals surface area contributed by atoms with Crippen molar-refractivity contribution >= 4 is 16.8 Å². The molecule has 29 heavy (non-hydrogen) atoms. The van der Waals surface area contributed by atoms with Crippen molar-refractivity contribution in [3.63, 3.8) is 0 Å². The van der Waals surface area contributed by atoms with E-state index in [1.165, 1.54) is 0 Å². The maximum atomic E-state index is 12.9. The van der Waals surface area contributed by atoms with E-state index in [1.54, 1.807) is 54.3 Å². The molecule has 0 aliphatic carbocycles. The molecule has 1 amide bonds. The number of rotatable bonds is 5. The fraction of sp³-hybridized carbons (Fsp3) is 0.190. The Hall–Kier alpha value is -3.81. The number of nitrogens with one attached hydrogen (secondary N) is 1. The Morgan fingerprint density at radius 2 is 1.86 bits per heavy atom. The summed E-state index contributed by atoms with van der Waals surface area (Å²) >= 11 is 0. The van der Waals surface area contributed by atoms with Crippen molar-refractivity contribution in [2.75, 3.05) is 6.54 Å². The van der Waals surface area contributed by atoms with Gasteiger partial charge in [0, 0.05) is 17.7 Å². The first kappa shape index (κ1) is 18.5. The largest absolute Gasteiger partial charge is 0.334 e. The van der Waals surface area contributed by atoms with E-state index in [9.17, 15) is 9.59 Å². The van der Waals surface area contributed by atoms with Gasteiger partial charge in [0.1, 0.15) is 5.82 Å². The van der Waals surface area contributed by atoms with Gasteiger partial charge < -0.3 is 14.4 Å². The van der Waals surface area contributed by atoms with Crippen molar-refractivity contribution in [2.24, 2.45) is 0 Å². The molecule has 2 aromatic heterocycles. The first-order valence-corrected chi connectivity index (χ1v) is 9.23. The second kappa shape index (κ2) is 7.67. The lowest BCUT2D eigenvalue weighted by Gasteiger charge is -2.20. The summed E-state index contributed by atoms with van der Waals surface area (Å²) in [4.78, 5) is 38.2. The Morgan fingerprint density at radius 3 is 2.55 bits per heavy atom. The second-order valence-corrected chi connectivity index (χ2v) is 6.57. The predicted molar refractivity (Wildman–Crippen MR) is 107 cm³/mol. The third-order valence-corrected chi connectivity index (χ3v) is 4.58. The van der Waals surface area contributed by atoms with Gasteiger partial charge in [0.05, 0.1) is 17.4 Å². The topological polar surface area (TPSA) is 105 Å². The van der Waals surface area contributed by atoms with E-state index in [0.29, 0.717) is 40.6 Å². The van der Waals surface area contributed by atoms with Gasteiger partial charge >= 0.3 is 0 Å². The molecule has 0 saturated heterocycles. The SMILES string of the molecule is CCN(Cc1nc2ccccc2c(=O)[nH]1)C(=O)c1ccc(-c2nc(C)no2)cc1. The van der Waals surface area contributed by atoms with Crippen LogP contribution in [-0.4, -0.2) is 37.5 Å². The molecule has 0 bridgehead atoms. The molecule has 4 rings (SSSR count). The van der Waals surface area contributed by atoms with Gasteiger partial charge in [-0.3, -0.25) is 9.59 Å². The van der Waals surface area contributed by atoms with Crippen LogP contribution in [0.5, 0.6) is 0 Å². The van der Waals surface area contributed by atoms with Crippen LogP contribution in [-0.2, 0) is 6.54 Å². The average Bonchev–Trinajstić information content (AvgIpc) is 3.18. The first-order valence-electron chi connectivity index (χ1n) is 9.23. The Balaban J connectivity index is 1.56. The molecule has 2 heterocycles. The van der Waals surface area contributed by atoms with Crippen LogP contribution in [0, 0.1) is 6.92 Å². The number of nitrogens with zero attached hydrogens (tertiary/aromatic N) is 4. The number of aromatic amines is 1. The molecule has 0 aliphatic rings. The minimum absolute atomic E-state index is 0.156. The summed E-state index contributed by atoms with van der Waals surface area (Å²) in [5.74, 6) is 1.25.